The Morgan fingerprint density at radius 1 is 1.19 bits per heavy atom. The van der Waals surface area contributed by atoms with E-state index in [2.05, 4.69) is 5.32 Å². The van der Waals surface area contributed by atoms with Gasteiger partial charge in [-0.3, -0.25) is 4.98 Å². The van der Waals surface area contributed by atoms with Gasteiger partial charge >= 0.3 is 5.97 Å². The zero-order valence-electron chi connectivity index (χ0n) is 15.2. The summed E-state index contributed by atoms with van der Waals surface area (Å²) in [7, 11) is 0. The Morgan fingerprint density at radius 2 is 2.04 bits per heavy atom. The molecule has 1 heterocycles. The Hall–Kier alpha value is -2.59. The molecule has 4 rings (SSSR count). The van der Waals surface area contributed by atoms with Crippen LogP contribution in [-0.4, -0.2) is 17.6 Å². The zero-order valence-corrected chi connectivity index (χ0v) is 16.0. The van der Waals surface area contributed by atoms with Crippen molar-refractivity contribution in [1.82, 2.24) is 4.98 Å². The molecule has 138 valence electrons. The molecule has 0 radical (unpaired) electrons. The lowest BCUT2D eigenvalue weighted by Gasteiger charge is -2.22. The largest absolute Gasteiger partial charge is 0.462 e. The zero-order chi connectivity index (χ0) is 18.8. The van der Waals surface area contributed by atoms with Gasteiger partial charge in [0.05, 0.1) is 23.4 Å². The first-order chi connectivity index (χ1) is 13.2. The van der Waals surface area contributed by atoms with E-state index in [0.29, 0.717) is 17.2 Å². The third kappa shape index (κ3) is 3.62. The number of carbonyl (C=O) groups excluding carboxylic acids is 1. The highest BCUT2D eigenvalue weighted by molar-refractivity contribution is 6.31. The molecule has 27 heavy (non-hydrogen) atoms. The molecule has 1 aliphatic carbocycles. The molecule has 1 aliphatic rings. The predicted molar refractivity (Wildman–Crippen MR) is 109 cm³/mol. The number of nitrogens with one attached hydrogen (secondary N) is 1. The van der Waals surface area contributed by atoms with Crippen molar-refractivity contribution in [3.8, 4) is 0 Å². The Kier molecular flexibility index (Phi) is 4.99. The Labute approximate surface area is 163 Å². The molecule has 0 saturated heterocycles. The number of nitrogens with zero attached hydrogens (tertiary/aromatic N) is 1. The van der Waals surface area contributed by atoms with E-state index >= 15 is 0 Å². The summed E-state index contributed by atoms with van der Waals surface area (Å²) in [5.74, 6) is -0.314. The standard InChI is InChI=1S/C22H21ClN2O2/c1-2-27-22(26)14-6-5-7-16(12-14)24-21-17-8-3-4-9-19(17)25-20-11-10-15(23)13-18(20)21/h5-7,10-13H,2-4,8-9H2,1H3,(H,24,25). The van der Waals surface area contributed by atoms with E-state index in [9.17, 15) is 4.79 Å². The number of hydrogen-bond acceptors (Lipinski definition) is 4. The van der Waals surface area contributed by atoms with E-state index in [-0.39, 0.29) is 5.97 Å². The maximum absolute atomic E-state index is 12.1. The molecule has 1 aromatic heterocycles. The van der Waals surface area contributed by atoms with Gasteiger partial charge in [-0.25, -0.2) is 4.79 Å². The molecular weight excluding hydrogens is 360 g/mol. The number of aryl methyl sites for hydroxylation is 1. The molecule has 0 unspecified atom stereocenters. The maximum Gasteiger partial charge on any atom is 0.338 e. The predicted octanol–water partition coefficient (Wildman–Crippen LogP) is 5.69. The highest BCUT2D eigenvalue weighted by Gasteiger charge is 2.19. The van der Waals surface area contributed by atoms with Crippen LogP contribution in [0.5, 0.6) is 0 Å². The van der Waals surface area contributed by atoms with Crippen molar-refractivity contribution in [3.05, 3.63) is 64.3 Å². The summed E-state index contributed by atoms with van der Waals surface area (Å²) in [5, 5.41) is 5.22. The topological polar surface area (TPSA) is 51.2 Å². The van der Waals surface area contributed by atoms with Gasteiger partial charge in [0.15, 0.2) is 0 Å². The number of pyridine rings is 1. The summed E-state index contributed by atoms with van der Waals surface area (Å²) in [5.41, 5.74) is 5.76. The average Bonchev–Trinajstić information content (AvgIpc) is 2.69. The molecule has 0 spiro atoms. The molecule has 0 bridgehead atoms. The van der Waals surface area contributed by atoms with Gasteiger partial charge in [0, 0.05) is 21.8 Å². The van der Waals surface area contributed by atoms with Crippen LogP contribution in [-0.2, 0) is 17.6 Å². The smallest absolute Gasteiger partial charge is 0.338 e. The van der Waals surface area contributed by atoms with Gasteiger partial charge in [0.25, 0.3) is 0 Å². The van der Waals surface area contributed by atoms with Gasteiger partial charge in [-0.2, -0.15) is 0 Å². The van der Waals surface area contributed by atoms with E-state index in [1.165, 1.54) is 5.56 Å². The number of halogens is 1. The molecule has 0 amide bonds. The van der Waals surface area contributed by atoms with E-state index in [4.69, 9.17) is 21.3 Å². The molecule has 3 aromatic rings. The molecule has 2 aromatic carbocycles. The van der Waals surface area contributed by atoms with E-state index in [1.54, 1.807) is 13.0 Å². The second kappa shape index (κ2) is 7.57. The minimum atomic E-state index is -0.314. The average molecular weight is 381 g/mol. The lowest BCUT2D eigenvalue weighted by atomic mass is 9.92. The molecule has 0 atom stereocenters. The summed E-state index contributed by atoms with van der Waals surface area (Å²) >= 11 is 6.26. The summed E-state index contributed by atoms with van der Waals surface area (Å²) in [6.07, 6.45) is 4.30. The Balaban J connectivity index is 1.80. The van der Waals surface area contributed by atoms with Crippen molar-refractivity contribution in [3.63, 3.8) is 0 Å². The minimum absolute atomic E-state index is 0.314. The van der Waals surface area contributed by atoms with Crippen molar-refractivity contribution in [2.24, 2.45) is 0 Å². The maximum atomic E-state index is 12.1. The van der Waals surface area contributed by atoms with E-state index in [1.807, 2.05) is 36.4 Å². The van der Waals surface area contributed by atoms with Gasteiger partial charge in [-0.1, -0.05) is 17.7 Å². The molecule has 0 aliphatic heterocycles. The number of esters is 1. The summed E-state index contributed by atoms with van der Waals surface area (Å²) in [6.45, 7) is 2.16. The van der Waals surface area contributed by atoms with Crippen molar-refractivity contribution < 1.29 is 9.53 Å². The fourth-order valence-corrected chi connectivity index (χ4v) is 3.79. The van der Waals surface area contributed by atoms with Crippen LogP contribution in [0.25, 0.3) is 10.9 Å². The van der Waals surface area contributed by atoms with Gasteiger partial charge < -0.3 is 10.1 Å². The molecule has 0 fully saturated rings. The normalized spacial score (nSPS) is 13.3. The van der Waals surface area contributed by atoms with Crippen molar-refractivity contribution >= 4 is 39.8 Å². The fraction of sp³-hybridized carbons (Fsp3) is 0.273. The molecule has 5 heteroatoms. The van der Waals surface area contributed by atoms with Crippen LogP contribution in [0.3, 0.4) is 0 Å². The first kappa shape index (κ1) is 17.8. The first-order valence-electron chi connectivity index (χ1n) is 9.31. The van der Waals surface area contributed by atoms with Crippen LogP contribution in [0.2, 0.25) is 5.02 Å². The Morgan fingerprint density at radius 3 is 2.89 bits per heavy atom. The van der Waals surface area contributed by atoms with Crippen LogP contribution in [0.1, 0.15) is 41.4 Å². The van der Waals surface area contributed by atoms with Gasteiger partial charge in [-0.05, 0) is 74.6 Å². The van der Waals surface area contributed by atoms with Gasteiger partial charge in [-0.15, -0.1) is 0 Å². The number of benzene rings is 2. The molecule has 0 saturated carbocycles. The number of carbonyl (C=O) groups is 1. The number of fused-ring (bicyclic) bond motifs is 2. The van der Waals surface area contributed by atoms with E-state index in [0.717, 1.165) is 53.7 Å². The van der Waals surface area contributed by atoms with Crippen molar-refractivity contribution in [1.29, 1.82) is 0 Å². The van der Waals surface area contributed by atoms with Crippen molar-refractivity contribution in [2.45, 2.75) is 32.6 Å². The molecule has 1 N–H and O–H groups in total. The summed E-state index contributed by atoms with van der Waals surface area (Å²) in [6, 6.07) is 13.2. The third-order valence-corrected chi connectivity index (χ3v) is 5.10. The quantitative estimate of drug-likeness (QED) is 0.591. The summed E-state index contributed by atoms with van der Waals surface area (Å²) in [4.78, 5) is 16.9. The number of hydrogen-bond donors (Lipinski definition) is 1. The lowest BCUT2D eigenvalue weighted by molar-refractivity contribution is 0.0526. The number of anilines is 2. The monoisotopic (exact) mass is 380 g/mol. The number of rotatable bonds is 4. The van der Waals surface area contributed by atoms with Gasteiger partial charge in [0.2, 0.25) is 0 Å². The second-order valence-electron chi connectivity index (χ2n) is 6.71. The molecular formula is C22H21ClN2O2. The molecule has 4 nitrogen and oxygen atoms in total. The highest BCUT2D eigenvalue weighted by Crippen LogP contribution is 2.36. The highest BCUT2D eigenvalue weighted by atomic mass is 35.5. The van der Waals surface area contributed by atoms with Crippen LogP contribution in [0, 0.1) is 0 Å². The fourth-order valence-electron chi connectivity index (χ4n) is 3.62. The SMILES string of the molecule is CCOC(=O)c1cccc(Nc2c3c(nc4ccc(Cl)cc24)CCCC3)c1. The first-order valence-corrected chi connectivity index (χ1v) is 9.68. The minimum Gasteiger partial charge on any atom is -0.462 e. The van der Waals surface area contributed by atoms with E-state index < -0.39 is 0 Å². The van der Waals surface area contributed by atoms with Crippen molar-refractivity contribution in [2.75, 3.05) is 11.9 Å². The van der Waals surface area contributed by atoms with Crippen LogP contribution < -0.4 is 5.32 Å². The number of aromatic nitrogens is 1. The third-order valence-electron chi connectivity index (χ3n) is 4.87. The Bertz CT molecular complexity index is 1020. The van der Waals surface area contributed by atoms with Crippen LogP contribution in [0.15, 0.2) is 42.5 Å². The number of ether oxygens (including phenoxy) is 1. The van der Waals surface area contributed by atoms with Crippen LogP contribution in [0.4, 0.5) is 11.4 Å². The second-order valence-corrected chi connectivity index (χ2v) is 7.14. The van der Waals surface area contributed by atoms with Gasteiger partial charge in [0.1, 0.15) is 0 Å². The summed E-state index contributed by atoms with van der Waals surface area (Å²) < 4.78 is 5.12. The lowest BCUT2D eigenvalue weighted by Crippen LogP contribution is -2.10. The van der Waals surface area contributed by atoms with Crippen LogP contribution >= 0.6 is 11.6 Å².